The maximum absolute atomic E-state index is 12.2. The summed E-state index contributed by atoms with van der Waals surface area (Å²) in [6.07, 6.45) is 1.07. The number of benzene rings is 2. The quantitative estimate of drug-likeness (QED) is 0.569. The SMILES string of the molecule is COc1ccc(OCCNC(=O)CN(c2ccc(Br)c(C)c2)S(C)(=O)=O)cc1. The highest BCUT2D eigenvalue weighted by Gasteiger charge is 2.21. The number of sulfonamides is 1. The zero-order valence-corrected chi connectivity index (χ0v) is 18.3. The molecule has 2 rings (SSSR count). The maximum atomic E-state index is 12.2. The molecule has 0 radical (unpaired) electrons. The van der Waals surface area contributed by atoms with Crippen molar-refractivity contribution in [2.75, 3.05) is 37.4 Å². The number of nitrogens with zero attached hydrogens (tertiary/aromatic N) is 1. The van der Waals surface area contributed by atoms with Gasteiger partial charge in [-0.2, -0.15) is 0 Å². The average molecular weight is 471 g/mol. The van der Waals surface area contributed by atoms with Crippen LogP contribution in [0.4, 0.5) is 5.69 Å². The average Bonchev–Trinajstić information content (AvgIpc) is 2.65. The van der Waals surface area contributed by atoms with Crippen LogP contribution in [0.3, 0.4) is 0 Å². The van der Waals surface area contributed by atoms with E-state index in [4.69, 9.17) is 9.47 Å². The Hall–Kier alpha value is -2.26. The Morgan fingerprint density at radius 1 is 1.14 bits per heavy atom. The second-order valence-electron chi connectivity index (χ2n) is 6.08. The van der Waals surface area contributed by atoms with Crippen molar-refractivity contribution in [2.45, 2.75) is 6.92 Å². The van der Waals surface area contributed by atoms with Gasteiger partial charge in [0.15, 0.2) is 0 Å². The standard InChI is InChI=1S/C19H23BrN2O5S/c1-14-12-15(4-9-18(14)20)22(28(3,24)25)13-19(23)21-10-11-27-17-7-5-16(26-2)6-8-17/h4-9,12H,10-11,13H2,1-3H3,(H,21,23). The fourth-order valence-electron chi connectivity index (χ4n) is 2.40. The summed E-state index contributed by atoms with van der Waals surface area (Å²) in [5.74, 6) is 0.965. The molecule has 0 aromatic heterocycles. The van der Waals surface area contributed by atoms with Crippen LogP contribution in [-0.4, -0.2) is 47.4 Å². The zero-order valence-electron chi connectivity index (χ0n) is 15.9. The molecule has 1 N–H and O–H groups in total. The molecule has 0 spiro atoms. The van der Waals surface area contributed by atoms with E-state index in [-0.39, 0.29) is 19.7 Å². The van der Waals surface area contributed by atoms with Gasteiger partial charge in [0.1, 0.15) is 24.7 Å². The molecule has 2 aromatic rings. The van der Waals surface area contributed by atoms with Crippen molar-refractivity contribution in [2.24, 2.45) is 0 Å². The van der Waals surface area contributed by atoms with Gasteiger partial charge in [-0.25, -0.2) is 8.42 Å². The summed E-state index contributed by atoms with van der Waals surface area (Å²) in [4.78, 5) is 12.2. The Kier molecular flexibility index (Phi) is 7.70. The second-order valence-corrected chi connectivity index (χ2v) is 8.84. The lowest BCUT2D eigenvalue weighted by atomic mass is 10.2. The largest absolute Gasteiger partial charge is 0.497 e. The van der Waals surface area contributed by atoms with Gasteiger partial charge in [-0.3, -0.25) is 9.10 Å². The third-order valence-corrected chi connectivity index (χ3v) is 5.90. The first-order valence-corrected chi connectivity index (χ1v) is 11.1. The molecule has 7 nitrogen and oxygen atoms in total. The number of aryl methyl sites for hydroxylation is 1. The van der Waals surface area contributed by atoms with Crippen LogP contribution in [0.2, 0.25) is 0 Å². The summed E-state index contributed by atoms with van der Waals surface area (Å²) in [7, 11) is -2.02. The summed E-state index contributed by atoms with van der Waals surface area (Å²) in [6.45, 7) is 2.06. The molecule has 0 bridgehead atoms. The van der Waals surface area contributed by atoms with Gasteiger partial charge in [0.05, 0.1) is 25.6 Å². The van der Waals surface area contributed by atoms with Crippen LogP contribution in [0.5, 0.6) is 11.5 Å². The van der Waals surface area contributed by atoms with E-state index in [9.17, 15) is 13.2 Å². The van der Waals surface area contributed by atoms with E-state index in [2.05, 4.69) is 21.2 Å². The molecule has 0 atom stereocenters. The third kappa shape index (κ3) is 6.42. The fraction of sp³-hybridized carbons (Fsp3) is 0.316. The maximum Gasteiger partial charge on any atom is 0.240 e. The molecule has 0 heterocycles. The topological polar surface area (TPSA) is 84.9 Å². The minimum atomic E-state index is -3.61. The number of rotatable bonds is 9. The first-order chi connectivity index (χ1) is 13.2. The lowest BCUT2D eigenvalue weighted by Crippen LogP contribution is -2.41. The number of halogens is 1. The molecule has 0 saturated carbocycles. The minimum Gasteiger partial charge on any atom is -0.497 e. The van der Waals surface area contributed by atoms with Crippen molar-refractivity contribution in [3.8, 4) is 11.5 Å². The summed E-state index contributed by atoms with van der Waals surface area (Å²) in [5, 5.41) is 2.67. The Balaban J connectivity index is 1.90. The van der Waals surface area contributed by atoms with Crippen molar-refractivity contribution < 1.29 is 22.7 Å². The Morgan fingerprint density at radius 2 is 1.79 bits per heavy atom. The van der Waals surface area contributed by atoms with Gasteiger partial charge >= 0.3 is 0 Å². The number of anilines is 1. The molecular weight excluding hydrogens is 448 g/mol. The highest BCUT2D eigenvalue weighted by molar-refractivity contribution is 9.10. The van der Waals surface area contributed by atoms with E-state index in [1.54, 1.807) is 49.6 Å². The van der Waals surface area contributed by atoms with E-state index in [1.165, 1.54) is 0 Å². The van der Waals surface area contributed by atoms with Crippen LogP contribution < -0.4 is 19.1 Å². The molecule has 0 aliphatic rings. The lowest BCUT2D eigenvalue weighted by Gasteiger charge is -2.22. The van der Waals surface area contributed by atoms with E-state index < -0.39 is 15.9 Å². The zero-order chi connectivity index (χ0) is 20.7. The number of hydrogen-bond donors (Lipinski definition) is 1. The summed E-state index contributed by atoms with van der Waals surface area (Å²) in [5.41, 5.74) is 1.31. The van der Waals surface area contributed by atoms with Crippen LogP contribution in [0, 0.1) is 6.92 Å². The van der Waals surface area contributed by atoms with E-state index in [1.807, 2.05) is 6.92 Å². The first-order valence-electron chi connectivity index (χ1n) is 8.48. The molecule has 9 heteroatoms. The van der Waals surface area contributed by atoms with Gasteiger partial charge < -0.3 is 14.8 Å². The number of ether oxygens (including phenoxy) is 2. The highest BCUT2D eigenvalue weighted by atomic mass is 79.9. The van der Waals surface area contributed by atoms with Crippen molar-refractivity contribution in [1.29, 1.82) is 0 Å². The normalized spacial score (nSPS) is 11.0. The summed E-state index contributed by atoms with van der Waals surface area (Å²) in [6, 6.07) is 12.2. The molecule has 0 saturated heterocycles. The molecule has 0 aliphatic carbocycles. The van der Waals surface area contributed by atoms with E-state index in [0.717, 1.165) is 26.3 Å². The number of carbonyl (C=O) groups excluding carboxylic acids is 1. The first kappa shape index (κ1) is 22.0. The Labute approximate surface area is 173 Å². The van der Waals surface area contributed by atoms with Crippen molar-refractivity contribution in [3.05, 3.63) is 52.5 Å². The molecule has 0 unspecified atom stereocenters. The Bertz CT molecular complexity index is 916. The van der Waals surface area contributed by atoms with Crippen LogP contribution in [-0.2, 0) is 14.8 Å². The lowest BCUT2D eigenvalue weighted by molar-refractivity contribution is -0.119. The molecule has 2 aromatic carbocycles. The smallest absolute Gasteiger partial charge is 0.240 e. The highest BCUT2D eigenvalue weighted by Crippen LogP contribution is 2.24. The van der Waals surface area contributed by atoms with Gasteiger partial charge in [-0.15, -0.1) is 0 Å². The predicted molar refractivity (Wildman–Crippen MR) is 113 cm³/mol. The molecule has 152 valence electrons. The number of nitrogens with one attached hydrogen (secondary N) is 1. The predicted octanol–water partition coefficient (Wildman–Crippen LogP) is 2.73. The van der Waals surface area contributed by atoms with Gasteiger partial charge in [0, 0.05) is 4.47 Å². The second kappa shape index (κ2) is 9.79. The Morgan fingerprint density at radius 3 is 2.36 bits per heavy atom. The molecular formula is C19H23BrN2O5S. The van der Waals surface area contributed by atoms with Gasteiger partial charge in [0.2, 0.25) is 15.9 Å². The number of amides is 1. The third-order valence-electron chi connectivity index (χ3n) is 3.87. The minimum absolute atomic E-state index is 0.252. The number of methoxy groups -OCH3 is 1. The number of hydrogen-bond acceptors (Lipinski definition) is 5. The van der Waals surface area contributed by atoms with Gasteiger partial charge in [0.25, 0.3) is 0 Å². The van der Waals surface area contributed by atoms with Crippen LogP contribution in [0.15, 0.2) is 46.9 Å². The van der Waals surface area contributed by atoms with Crippen molar-refractivity contribution >= 4 is 37.5 Å². The summed E-state index contributed by atoms with van der Waals surface area (Å²) >= 11 is 3.38. The van der Waals surface area contributed by atoms with E-state index >= 15 is 0 Å². The van der Waals surface area contributed by atoms with Gasteiger partial charge in [-0.1, -0.05) is 15.9 Å². The van der Waals surface area contributed by atoms with Gasteiger partial charge in [-0.05, 0) is 55.0 Å². The molecule has 1 amide bonds. The fourth-order valence-corrected chi connectivity index (χ4v) is 3.50. The molecule has 0 aliphatic heterocycles. The van der Waals surface area contributed by atoms with Crippen molar-refractivity contribution in [1.82, 2.24) is 5.32 Å². The van der Waals surface area contributed by atoms with Crippen LogP contribution >= 0.6 is 15.9 Å². The summed E-state index contributed by atoms with van der Waals surface area (Å²) < 4.78 is 36.8. The van der Waals surface area contributed by atoms with Crippen LogP contribution in [0.25, 0.3) is 0 Å². The molecule has 28 heavy (non-hydrogen) atoms. The van der Waals surface area contributed by atoms with Crippen LogP contribution in [0.1, 0.15) is 5.56 Å². The van der Waals surface area contributed by atoms with Crippen molar-refractivity contribution in [3.63, 3.8) is 0 Å². The number of carbonyl (C=O) groups is 1. The molecule has 0 fully saturated rings. The monoisotopic (exact) mass is 470 g/mol. The van der Waals surface area contributed by atoms with E-state index in [0.29, 0.717) is 11.4 Å².